The van der Waals surface area contributed by atoms with Gasteiger partial charge in [0.05, 0.1) is 12.1 Å². The Bertz CT molecular complexity index is 326. The molecule has 1 aromatic heterocycles. The Balaban J connectivity index is 2.26. The maximum atomic E-state index is 11.8. The maximum absolute atomic E-state index is 11.8. The zero-order valence-corrected chi connectivity index (χ0v) is 9.51. The lowest BCUT2D eigenvalue weighted by molar-refractivity contribution is -0.140. The molecule has 0 spiro atoms. The molecule has 0 saturated carbocycles. The molecule has 0 aromatic carbocycles. The molecule has 0 bridgehead atoms. The van der Waals surface area contributed by atoms with Crippen LogP contribution in [0.4, 0.5) is 13.2 Å². The molecule has 0 saturated heterocycles. The molecule has 17 heavy (non-hydrogen) atoms. The predicted molar refractivity (Wildman–Crippen MR) is 54.7 cm³/mol. The first-order chi connectivity index (χ1) is 8.01. The van der Waals surface area contributed by atoms with Gasteiger partial charge >= 0.3 is 12.3 Å². The third-order valence-corrected chi connectivity index (χ3v) is 1.87. The third kappa shape index (κ3) is 6.15. The normalized spacial score (nSPS) is 11.8. The van der Waals surface area contributed by atoms with Crippen molar-refractivity contribution in [1.29, 1.82) is 0 Å². The summed E-state index contributed by atoms with van der Waals surface area (Å²) in [5.41, 5.74) is 0.612. The summed E-state index contributed by atoms with van der Waals surface area (Å²) in [4.78, 5) is 3.88. The van der Waals surface area contributed by atoms with Crippen molar-refractivity contribution in [2.45, 2.75) is 32.5 Å². The summed E-state index contributed by atoms with van der Waals surface area (Å²) in [6, 6.07) is 0. The van der Waals surface area contributed by atoms with Crippen LogP contribution in [-0.4, -0.2) is 24.3 Å². The van der Waals surface area contributed by atoms with E-state index in [1.807, 2.05) is 6.92 Å². The summed E-state index contributed by atoms with van der Waals surface area (Å²) in [7, 11) is 0. The molecule has 0 radical (unpaired) electrons. The first-order valence-electron chi connectivity index (χ1n) is 5.36. The highest BCUT2D eigenvalue weighted by molar-refractivity contribution is 4.99. The lowest BCUT2D eigenvalue weighted by Gasteiger charge is -2.04. The minimum Gasteiger partial charge on any atom is -0.450 e. The van der Waals surface area contributed by atoms with Crippen LogP contribution >= 0.6 is 0 Å². The molecule has 0 aliphatic carbocycles. The fourth-order valence-electron chi connectivity index (χ4n) is 1.08. The van der Waals surface area contributed by atoms with Crippen molar-refractivity contribution >= 4 is 0 Å². The van der Waals surface area contributed by atoms with E-state index in [-0.39, 0.29) is 6.08 Å². The van der Waals surface area contributed by atoms with E-state index in [0.29, 0.717) is 12.2 Å². The fourth-order valence-corrected chi connectivity index (χ4v) is 1.08. The SMILES string of the molecule is CCCNCc1coc(OCCC(F)(F)F)n1. The van der Waals surface area contributed by atoms with Gasteiger partial charge in [-0.15, -0.1) is 0 Å². The van der Waals surface area contributed by atoms with Crippen LogP contribution in [0.3, 0.4) is 0 Å². The molecule has 1 N–H and O–H groups in total. The molecule has 0 amide bonds. The monoisotopic (exact) mass is 252 g/mol. The van der Waals surface area contributed by atoms with Crippen LogP contribution in [0.5, 0.6) is 6.08 Å². The van der Waals surface area contributed by atoms with Gasteiger partial charge in [-0.1, -0.05) is 6.92 Å². The third-order valence-electron chi connectivity index (χ3n) is 1.87. The largest absolute Gasteiger partial charge is 0.450 e. The van der Waals surface area contributed by atoms with Crippen molar-refractivity contribution in [1.82, 2.24) is 10.3 Å². The molecule has 0 fully saturated rings. The smallest absolute Gasteiger partial charge is 0.393 e. The average molecular weight is 252 g/mol. The van der Waals surface area contributed by atoms with Crippen molar-refractivity contribution in [3.63, 3.8) is 0 Å². The quantitative estimate of drug-likeness (QED) is 0.757. The number of halogens is 3. The second-order valence-corrected chi connectivity index (χ2v) is 3.50. The standard InChI is InChI=1S/C10H15F3N2O2/c1-2-4-14-6-8-7-17-9(15-8)16-5-3-10(11,12)13/h7,14H,2-6H2,1H3. The van der Waals surface area contributed by atoms with Gasteiger partial charge in [0.15, 0.2) is 0 Å². The number of oxazole rings is 1. The second-order valence-electron chi connectivity index (χ2n) is 3.50. The molecule has 4 nitrogen and oxygen atoms in total. The Morgan fingerprint density at radius 1 is 1.47 bits per heavy atom. The highest BCUT2D eigenvalue weighted by Crippen LogP contribution is 2.20. The number of nitrogens with one attached hydrogen (secondary N) is 1. The molecule has 0 atom stereocenters. The lowest BCUT2D eigenvalue weighted by atomic mass is 10.4. The van der Waals surface area contributed by atoms with Crippen molar-refractivity contribution in [2.24, 2.45) is 0 Å². The van der Waals surface area contributed by atoms with Gasteiger partial charge in [-0.2, -0.15) is 18.2 Å². The maximum Gasteiger partial charge on any atom is 0.393 e. The first-order valence-corrected chi connectivity index (χ1v) is 5.36. The molecular weight excluding hydrogens is 237 g/mol. The van der Waals surface area contributed by atoms with Crippen LogP contribution in [0.25, 0.3) is 0 Å². The van der Waals surface area contributed by atoms with Gasteiger partial charge in [0.25, 0.3) is 0 Å². The first kappa shape index (κ1) is 13.8. The minimum absolute atomic E-state index is 0.123. The summed E-state index contributed by atoms with van der Waals surface area (Å²) >= 11 is 0. The number of aromatic nitrogens is 1. The Hall–Kier alpha value is -1.24. The molecule has 1 heterocycles. The average Bonchev–Trinajstić information content (AvgIpc) is 2.64. The van der Waals surface area contributed by atoms with Gasteiger partial charge < -0.3 is 14.5 Å². The number of alkyl halides is 3. The summed E-state index contributed by atoms with van der Waals surface area (Å²) in [6.07, 6.45) is -3.00. The van der Waals surface area contributed by atoms with E-state index in [0.717, 1.165) is 13.0 Å². The fraction of sp³-hybridized carbons (Fsp3) is 0.700. The van der Waals surface area contributed by atoms with Gasteiger partial charge in [0.2, 0.25) is 0 Å². The lowest BCUT2D eigenvalue weighted by Crippen LogP contribution is -2.14. The Morgan fingerprint density at radius 2 is 2.24 bits per heavy atom. The molecule has 0 aliphatic rings. The number of hydrogen-bond donors (Lipinski definition) is 1. The predicted octanol–water partition coefficient (Wildman–Crippen LogP) is 2.51. The topological polar surface area (TPSA) is 47.3 Å². The van der Waals surface area contributed by atoms with E-state index in [1.165, 1.54) is 6.26 Å². The zero-order chi connectivity index (χ0) is 12.7. The van der Waals surface area contributed by atoms with E-state index >= 15 is 0 Å². The summed E-state index contributed by atoms with van der Waals surface area (Å²) in [6.45, 7) is 2.91. The molecule has 1 aromatic rings. The van der Waals surface area contributed by atoms with E-state index < -0.39 is 19.2 Å². The number of rotatable bonds is 7. The van der Waals surface area contributed by atoms with Crippen LogP contribution in [-0.2, 0) is 6.54 Å². The van der Waals surface area contributed by atoms with Gasteiger partial charge in [0.1, 0.15) is 12.9 Å². The zero-order valence-electron chi connectivity index (χ0n) is 9.51. The van der Waals surface area contributed by atoms with E-state index in [2.05, 4.69) is 10.3 Å². The second kappa shape index (κ2) is 6.48. The Morgan fingerprint density at radius 3 is 2.88 bits per heavy atom. The van der Waals surface area contributed by atoms with Gasteiger partial charge in [-0.3, -0.25) is 0 Å². The summed E-state index contributed by atoms with van der Waals surface area (Å²) < 4.78 is 45.1. The van der Waals surface area contributed by atoms with E-state index in [9.17, 15) is 13.2 Å². The molecule has 1 rings (SSSR count). The summed E-state index contributed by atoms with van der Waals surface area (Å²) in [5.74, 6) is 0. The molecule has 98 valence electrons. The van der Waals surface area contributed by atoms with Crippen LogP contribution < -0.4 is 10.1 Å². The van der Waals surface area contributed by atoms with Crippen molar-refractivity contribution in [3.05, 3.63) is 12.0 Å². The van der Waals surface area contributed by atoms with Gasteiger partial charge in [0, 0.05) is 6.54 Å². The highest BCUT2D eigenvalue weighted by Gasteiger charge is 2.27. The molecule has 0 unspecified atom stereocenters. The van der Waals surface area contributed by atoms with Gasteiger partial charge in [-0.25, -0.2) is 0 Å². The molecule has 7 heteroatoms. The highest BCUT2D eigenvalue weighted by atomic mass is 19.4. The van der Waals surface area contributed by atoms with E-state index in [4.69, 9.17) is 9.15 Å². The van der Waals surface area contributed by atoms with Crippen LogP contribution in [0.15, 0.2) is 10.7 Å². The van der Waals surface area contributed by atoms with Crippen LogP contribution in [0, 0.1) is 0 Å². The van der Waals surface area contributed by atoms with Crippen LogP contribution in [0.1, 0.15) is 25.5 Å². The van der Waals surface area contributed by atoms with Crippen molar-refractivity contribution < 1.29 is 22.3 Å². The molecule has 0 aliphatic heterocycles. The minimum atomic E-state index is -4.22. The summed E-state index contributed by atoms with van der Waals surface area (Å²) in [5, 5.41) is 3.09. The number of nitrogens with zero attached hydrogens (tertiary/aromatic N) is 1. The van der Waals surface area contributed by atoms with Crippen molar-refractivity contribution in [2.75, 3.05) is 13.2 Å². The number of hydrogen-bond acceptors (Lipinski definition) is 4. The number of ether oxygens (including phenoxy) is 1. The Labute approximate surface area is 97.2 Å². The Kier molecular flexibility index (Phi) is 5.27. The van der Waals surface area contributed by atoms with Crippen molar-refractivity contribution in [3.8, 4) is 6.08 Å². The molecular formula is C10H15F3N2O2. The van der Waals surface area contributed by atoms with Gasteiger partial charge in [-0.05, 0) is 13.0 Å². The van der Waals surface area contributed by atoms with Crippen LogP contribution in [0.2, 0.25) is 0 Å². The van der Waals surface area contributed by atoms with E-state index in [1.54, 1.807) is 0 Å².